The number of thiazole rings is 1. The van der Waals surface area contributed by atoms with E-state index in [0.29, 0.717) is 15.7 Å². The number of carbonyl (C=O) groups excluding carboxylic acids is 2. The van der Waals surface area contributed by atoms with Crippen molar-refractivity contribution < 1.29 is 24.0 Å². The third kappa shape index (κ3) is 4.98. The quantitative estimate of drug-likeness (QED) is 0.311. The maximum absolute atomic E-state index is 12.3. The summed E-state index contributed by atoms with van der Waals surface area (Å²) in [6.07, 6.45) is 0. The molecule has 10 nitrogen and oxygen atoms in total. The Bertz CT molecular complexity index is 943. The van der Waals surface area contributed by atoms with Crippen LogP contribution in [0.2, 0.25) is 0 Å². The number of esters is 1. The Labute approximate surface area is 169 Å². The number of carbonyl (C=O) groups is 2. The minimum atomic E-state index is -0.651. The van der Waals surface area contributed by atoms with Crippen LogP contribution in [0, 0.1) is 17.0 Å². The van der Waals surface area contributed by atoms with Crippen LogP contribution in [0.1, 0.15) is 32.6 Å². The Kier molecular flexibility index (Phi) is 6.95. The summed E-state index contributed by atoms with van der Waals surface area (Å²) in [5.74, 6) is -1.11. The molecule has 0 saturated heterocycles. The van der Waals surface area contributed by atoms with Gasteiger partial charge >= 0.3 is 11.7 Å². The normalized spacial score (nSPS) is 10.1. The van der Waals surface area contributed by atoms with E-state index >= 15 is 0 Å². The van der Waals surface area contributed by atoms with Gasteiger partial charge in [0.1, 0.15) is 4.88 Å². The maximum atomic E-state index is 12.3. The highest BCUT2D eigenvalue weighted by atomic mass is 32.1. The lowest BCUT2D eigenvalue weighted by atomic mass is 10.2. The molecule has 0 aliphatic carbocycles. The van der Waals surface area contributed by atoms with E-state index in [0.717, 1.165) is 17.4 Å². The molecule has 12 heteroatoms. The van der Waals surface area contributed by atoms with Gasteiger partial charge in [-0.15, -0.1) is 0 Å². The van der Waals surface area contributed by atoms with Crippen molar-refractivity contribution in [2.45, 2.75) is 13.8 Å². The van der Waals surface area contributed by atoms with Gasteiger partial charge in [-0.25, -0.2) is 9.78 Å². The number of ether oxygens (including phenoxy) is 2. The zero-order valence-electron chi connectivity index (χ0n) is 15.1. The first kappa shape index (κ1) is 21.2. The van der Waals surface area contributed by atoms with E-state index in [1.54, 1.807) is 13.8 Å². The molecule has 0 radical (unpaired) electrons. The number of aromatic nitrogens is 1. The van der Waals surface area contributed by atoms with Crippen LogP contribution in [-0.2, 0) is 4.74 Å². The minimum absolute atomic E-state index is 0.0270. The fraction of sp³-hybridized carbons (Fsp3) is 0.250. The first-order valence-corrected chi connectivity index (χ1v) is 9.08. The number of methoxy groups -OCH3 is 1. The molecule has 2 aromatic rings. The molecule has 1 aromatic heterocycles. The Morgan fingerprint density at radius 3 is 2.71 bits per heavy atom. The molecule has 2 rings (SSSR count). The number of thiocarbonyl (C=S) groups is 1. The van der Waals surface area contributed by atoms with Crippen molar-refractivity contribution in [3.8, 4) is 5.75 Å². The number of amides is 1. The molecule has 0 aliphatic rings. The third-order valence-corrected chi connectivity index (χ3v) is 4.60. The number of aryl methyl sites for hydroxylation is 1. The first-order chi connectivity index (χ1) is 13.3. The second kappa shape index (κ2) is 9.19. The van der Waals surface area contributed by atoms with E-state index in [2.05, 4.69) is 15.6 Å². The molecule has 0 saturated carbocycles. The molecular formula is C16H16N4O6S2. The lowest BCUT2D eigenvalue weighted by molar-refractivity contribution is -0.385. The predicted octanol–water partition coefficient (Wildman–Crippen LogP) is 2.67. The van der Waals surface area contributed by atoms with Gasteiger partial charge in [-0.05, 0) is 38.2 Å². The lowest BCUT2D eigenvalue weighted by Gasteiger charge is -2.08. The van der Waals surface area contributed by atoms with Gasteiger partial charge in [0, 0.05) is 11.6 Å². The summed E-state index contributed by atoms with van der Waals surface area (Å²) in [4.78, 5) is 39.0. The van der Waals surface area contributed by atoms with Gasteiger partial charge < -0.3 is 14.8 Å². The van der Waals surface area contributed by atoms with Crippen molar-refractivity contribution >= 4 is 51.4 Å². The molecule has 0 spiro atoms. The summed E-state index contributed by atoms with van der Waals surface area (Å²) in [5, 5.41) is 16.4. The van der Waals surface area contributed by atoms with E-state index < -0.39 is 16.8 Å². The van der Waals surface area contributed by atoms with Crippen molar-refractivity contribution in [1.29, 1.82) is 0 Å². The number of nitro groups is 1. The summed E-state index contributed by atoms with van der Waals surface area (Å²) in [6.45, 7) is 3.58. The van der Waals surface area contributed by atoms with Crippen LogP contribution in [-0.4, -0.2) is 40.6 Å². The standard InChI is InChI=1S/C16H16N4O6S2/c1-4-26-14(22)12-8(2)17-16(28-12)19-15(27)18-13(21)9-5-6-11(25-3)10(7-9)20(23)24/h5-7H,4H2,1-3H3,(H2,17,18,19,21,27). The SMILES string of the molecule is CCOC(=O)c1sc(NC(=S)NC(=O)c2ccc(OC)c([N+](=O)[O-])c2)nc1C. The number of rotatable bonds is 6. The van der Waals surface area contributed by atoms with Crippen molar-refractivity contribution in [2.24, 2.45) is 0 Å². The van der Waals surface area contributed by atoms with Crippen LogP contribution >= 0.6 is 23.6 Å². The highest BCUT2D eigenvalue weighted by molar-refractivity contribution is 7.80. The fourth-order valence-corrected chi connectivity index (χ4v) is 3.23. The molecule has 0 bridgehead atoms. The van der Waals surface area contributed by atoms with Crippen LogP contribution in [0.15, 0.2) is 18.2 Å². The second-order valence-corrected chi connectivity index (χ2v) is 6.61. The monoisotopic (exact) mass is 424 g/mol. The maximum Gasteiger partial charge on any atom is 0.350 e. The van der Waals surface area contributed by atoms with Crippen LogP contribution in [0.4, 0.5) is 10.8 Å². The van der Waals surface area contributed by atoms with E-state index in [1.165, 1.54) is 19.2 Å². The summed E-state index contributed by atoms with van der Waals surface area (Å²) < 4.78 is 9.83. The number of hydrogen-bond donors (Lipinski definition) is 2. The van der Waals surface area contributed by atoms with E-state index in [-0.39, 0.29) is 28.7 Å². The molecule has 1 aromatic carbocycles. The first-order valence-electron chi connectivity index (χ1n) is 7.86. The molecule has 1 amide bonds. The largest absolute Gasteiger partial charge is 0.490 e. The highest BCUT2D eigenvalue weighted by Gasteiger charge is 2.20. The third-order valence-electron chi connectivity index (χ3n) is 3.34. The summed E-state index contributed by atoms with van der Waals surface area (Å²) >= 11 is 6.09. The Balaban J connectivity index is 2.08. The Morgan fingerprint density at radius 1 is 1.39 bits per heavy atom. The molecular weight excluding hydrogens is 408 g/mol. The van der Waals surface area contributed by atoms with E-state index in [1.807, 2.05) is 0 Å². The molecule has 1 heterocycles. The number of anilines is 1. The number of nitrogens with one attached hydrogen (secondary N) is 2. The van der Waals surface area contributed by atoms with E-state index in [9.17, 15) is 19.7 Å². The van der Waals surface area contributed by atoms with Crippen molar-refractivity contribution in [2.75, 3.05) is 19.0 Å². The van der Waals surface area contributed by atoms with Crippen LogP contribution in [0.25, 0.3) is 0 Å². The predicted molar refractivity (Wildman–Crippen MR) is 106 cm³/mol. The van der Waals surface area contributed by atoms with Crippen molar-refractivity contribution in [1.82, 2.24) is 10.3 Å². The molecule has 2 N–H and O–H groups in total. The molecule has 0 fully saturated rings. The molecule has 28 heavy (non-hydrogen) atoms. The summed E-state index contributed by atoms with van der Waals surface area (Å²) in [7, 11) is 1.29. The van der Waals surface area contributed by atoms with Gasteiger partial charge in [-0.3, -0.25) is 20.2 Å². The Hall–Kier alpha value is -3.12. The summed E-state index contributed by atoms with van der Waals surface area (Å²) in [6, 6.07) is 3.78. The van der Waals surface area contributed by atoms with Gasteiger partial charge in [0.2, 0.25) is 0 Å². The smallest absolute Gasteiger partial charge is 0.350 e. The highest BCUT2D eigenvalue weighted by Crippen LogP contribution is 2.27. The van der Waals surface area contributed by atoms with Crippen LogP contribution in [0.5, 0.6) is 5.75 Å². The zero-order chi connectivity index (χ0) is 20.8. The molecule has 148 valence electrons. The van der Waals surface area contributed by atoms with Gasteiger partial charge in [0.05, 0.1) is 24.3 Å². The van der Waals surface area contributed by atoms with Crippen LogP contribution < -0.4 is 15.4 Å². The average Bonchev–Trinajstić information content (AvgIpc) is 3.01. The lowest BCUT2D eigenvalue weighted by Crippen LogP contribution is -2.34. The summed E-state index contributed by atoms with van der Waals surface area (Å²) in [5.41, 5.74) is 0.147. The topological polar surface area (TPSA) is 133 Å². The minimum Gasteiger partial charge on any atom is -0.490 e. The molecule has 0 unspecified atom stereocenters. The molecule has 0 aliphatic heterocycles. The molecule has 0 atom stereocenters. The van der Waals surface area contributed by atoms with E-state index in [4.69, 9.17) is 21.7 Å². The van der Waals surface area contributed by atoms with Crippen LogP contribution in [0.3, 0.4) is 0 Å². The number of hydrogen-bond acceptors (Lipinski definition) is 9. The average molecular weight is 424 g/mol. The van der Waals surface area contributed by atoms with Gasteiger partial charge in [-0.1, -0.05) is 11.3 Å². The van der Waals surface area contributed by atoms with Crippen molar-refractivity contribution in [3.63, 3.8) is 0 Å². The Morgan fingerprint density at radius 2 is 2.11 bits per heavy atom. The van der Waals surface area contributed by atoms with Gasteiger partial charge in [-0.2, -0.15) is 0 Å². The fourth-order valence-electron chi connectivity index (χ4n) is 2.11. The second-order valence-electron chi connectivity index (χ2n) is 5.21. The van der Waals surface area contributed by atoms with Gasteiger partial charge in [0.25, 0.3) is 5.91 Å². The number of benzene rings is 1. The van der Waals surface area contributed by atoms with Gasteiger partial charge in [0.15, 0.2) is 16.0 Å². The van der Waals surface area contributed by atoms with Crippen molar-refractivity contribution in [3.05, 3.63) is 44.4 Å². The number of nitro benzene ring substituents is 1. The number of nitrogens with zero attached hydrogens (tertiary/aromatic N) is 2. The zero-order valence-corrected chi connectivity index (χ0v) is 16.7.